The lowest BCUT2D eigenvalue weighted by molar-refractivity contribution is 0.122. The summed E-state index contributed by atoms with van der Waals surface area (Å²) >= 11 is 0. The average Bonchev–Trinajstić information content (AvgIpc) is 2.56. The van der Waals surface area contributed by atoms with Crippen LogP contribution in [0.5, 0.6) is 0 Å². The first-order valence-electron chi connectivity index (χ1n) is 4.98. The maximum atomic E-state index is 11.7. The maximum absolute atomic E-state index is 11.7. The van der Waals surface area contributed by atoms with Crippen LogP contribution >= 0.6 is 0 Å². The Morgan fingerprint density at radius 1 is 1.50 bits per heavy atom. The van der Waals surface area contributed by atoms with Crippen molar-refractivity contribution in [3.05, 3.63) is 0 Å². The van der Waals surface area contributed by atoms with Crippen LogP contribution in [0.2, 0.25) is 0 Å². The molecular formula is C8H17NO5S2. The molecule has 16 heavy (non-hydrogen) atoms. The predicted molar refractivity (Wildman–Crippen MR) is 60.5 cm³/mol. The molecular weight excluding hydrogens is 254 g/mol. The van der Waals surface area contributed by atoms with Crippen molar-refractivity contribution in [1.82, 2.24) is 4.72 Å². The number of rotatable bonds is 5. The zero-order chi connectivity index (χ0) is 12.4. The first-order chi connectivity index (χ1) is 7.27. The first-order valence-corrected chi connectivity index (χ1v) is 8.35. The molecule has 96 valence electrons. The second-order valence-electron chi connectivity index (χ2n) is 3.96. The molecule has 2 atom stereocenters. The lowest BCUT2D eigenvalue weighted by Gasteiger charge is -2.14. The number of methoxy groups -OCH3 is 1. The molecule has 2 unspecified atom stereocenters. The van der Waals surface area contributed by atoms with Gasteiger partial charge in [0.15, 0.2) is 9.84 Å². The van der Waals surface area contributed by atoms with Crippen LogP contribution in [0.15, 0.2) is 0 Å². The van der Waals surface area contributed by atoms with Crippen molar-refractivity contribution in [3.63, 3.8) is 0 Å². The minimum absolute atomic E-state index is 0.0432. The number of hydrogen-bond donors (Lipinski definition) is 1. The molecule has 0 spiro atoms. The highest BCUT2D eigenvalue weighted by atomic mass is 32.2. The van der Waals surface area contributed by atoms with E-state index in [-0.39, 0.29) is 30.6 Å². The molecule has 0 radical (unpaired) electrons. The molecule has 0 amide bonds. The van der Waals surface area contributed by atoms with Gasteiger partial charge in [0.25, 0.3) is 0 Å². The van der Waals surface area contributed by atoms with E-state index in [1.54, 1.807) is 6.92 Å². The molecule has 0 aromatic heterocycles. The summed E-state index contributed by atoms with van der Waals surface area (Å²) in [6.45, 7) is 1.89. The highest BCUT2D eigenvalue weighted by Gasteiger charge is 2.36. The Kier molecular flexibility index (Phi) is 4.33. The number of sulfone groups is 1. The molecule has 1 fully saturated rings. The topological polar surface area (TPSA) is 89.5 Å². The minimum atomic E-state index is -3.55. The SMILES string of the molecule is COC(C)CNS(=O)(=O)C1CCS(=O)(=O)C1. The molecule has 1 N–H and O–H groups in total. The standard InChI is InChI=1S/C8H17NO5S2/c1-7(14-2)5-9-16(12,13)8-3-4-15(10,11)6-8/h7-9H,3-6H2,1-2H3. The first kappa shape index (κ1) is 13.9. The van der Waals surface area contributed by atoms with Gasteiger partial charge in [0, 0.05) is 13.7 Å². The van der Waals surface area contributed by atoms with Crippen molar-refractivity contribution in [2.75, 3.05) is 25.2 Å². The fourth-order valence-electron chi connectivity index (χ4n) is 1.44. The third-order valence-corrected chi connectivity index (χ3v) is 6.43. The Labute approximate surface area is 96.3 Å². The maximum Gasteiger partial charge on any atom is 0.215 e. The van der Waals surface area contributed by atoms with Crippen molar-refractivity contribution in [2.24, 2.45) is 0 Å². The summed E-state index contributed by atoms with van der Waals surface area (Å²) in [6, 6.07) is 0. The van der Waals surface area contributed by atoms with Gasteiger partial charge in [-0.2, -0.15) is 0 Å². The summed E-state index contributed by atoms with van der Waals surface area (Å²) in [4.78, 5) is 0. The highest BCUT2D eigenvalue weighted by molar-refractivity contribution is 7.95. The van der Waals surface area contributed by atoms with Crippen LogP contribution in [0.1, 0.15) is 13.3 Å². The lowest BCUT2D eigenvalue weighted by atomic mass is 10.4. The average molecular weight is 271 g/mol. The number of nitrogens with one attached hydrogen (secondary N) is 1. The van der Waals surface area contributed by atoms with Crippen molar-refractivity contribution < 1.29 is 21.6 Å². The number of sulfonamides is 1. The van der Waals surface area contributed by atoms with E-state index >= 15 is 0 Å². The second-order valence-corrected chi connectivity index (χ2v) is 8.24. The molecule has 1 saturated heterocycles. The Morgan fingerprint density at radius 2 is 2.12 bits per heavy atom. The van der Waals surface area contributed by atoms with Crippen molar-refractivity contribution in [3.8, 4) is 0 Å². The molecule has 8 heteroatoms. The molecule has 1 rings (SSSR count). The van der Waals surface area contributed by atoms with Gasteiger partial charge in [-0.1, -0.05) is 0 Å². The van der Waals surface area contributed by atoms with Crippen LogP contribution in [0.3, 0.4) is 0 Å². The van der Waals surface area contributed by atoms with Crippen LogP contribution in [0.25, 0.3) is 0 Å². The summed E-state index contributed by atoms with van der Waals surface area (Å²) in [5.41, 5.74) is 0. The second kappa shape index (κ2) is 4.99. The molecule has 0 saturated carbocycles. The van der Waals surface area contributed by atoms with Gasteiger partial charge in [0.1, 0.15) is 0 Å². The monoisotopic (exact) mass is 271 g/mol. The van der Waals surface area contributed by atoms with Crippen molar-refractivity contribution >= 4 is 19.9 Å². The molecule has 1 heterocycles. The molecule has 1 aliphatic heterocycles. The predicted octanol–water partition coefficient (Wildman–Crippen LogP) is -0.872. The quantitative estimate of drug-likeness (QED) is 0.702. The van der Waals surface area contributed by atoms with Gasteiger partial charge < -0.3 is 4.74 Å². The zero-order valence-corrected chi connectivity index (χ0v) is 11.0. The molecule has 0 bridgehead atoms. The van der Waals surface area contributed by atoms with Gasteiger partial charge in [-0.15, -0.1) is 0 Å². The molecule has 6 nitrogen and oxygen atoms in total. The Morgan fingerprint density at radius 3 is 2.56 bits per heavy atom. The van der Waals surface area contributed by atoms with E-state index in [2.05, 4.69) is 4.72 Å². The smallest absolute Gasteiger partial charge is 0.215 e. The van der Waals surface area contributed by atoms with E-state index < -0.39 is 25.1 Å². The Hall–Kier alpha value is -0.180. The van der Waals surface area contributed by atoms with Gasteiger partial charge in [0.2, 0.25) is 10.0 Å². The van der Waals surface area contributed by atoms with Crippen LogP contribution in [0, 0.1) is 0 Å². The molecule has 0 aromatic rings. The zero-order valence-electron chi connectivity index (χ0n) is 9.34. The summed E-state index contributed by atoms with van der Waals surface area (Å²) in [5, 5.41) is -0.818. The van der Waals surface area contributed by atoms with Crippen LogP contribution < -0.4 is 4.72 Å². The van der Waals surface area contributed by atoms with E-state index in [1.807, 2.05) is 0 Å². The largest absolute Gasteiger partial charge is 0.380 e. The normalized spacial score (nSPS) is 26.8. The van der Waals surface area contributed by atoms with E-state index in [0.29, 0.717) is 0 Å². The van der Waals surface area contributed by atoms with Gasteiger partial charge in [-0.05, 0) is 13.3 Å². The fourth-order valence-corrected chi connectivity index (χ4v) is 5.60. The molecule has 1 aliphatic rings. The third-order valence-electron chi connectivity index (χ3n) is 2.60. The Balaban J connectivity index is 2.59. The van der Waals surface area contributed by atoms with Gasteiger partial charge >= 0.3 is 0 Å². The van der Waals surface area contributed by atoms with E-state index in [0.717, 1.165) is 0 Å². The number of hydrogen-bond acceptors (Lipinski definition) is 5. The van der Waals surface area contributed by atoms with Gasteiger partial charge in [-0.3, -0.25) is 0 Å². The van der Waals surface area contributed by atoms with Crippen molar-refractivity contribution in [1.29, 1.82) is 0 Å². The lowest BCUT2D eigenvalue weighted by Crippen LogP contribution is -2.39. The van der Waals surface area contributed by atoms with Crippen LogP contribution in [-0.2, 0) is 24.6 Å². The molecule has 0 aliphatic carbocycles. The van der Waals surface area contributed by atoms with Gasteiger partial charge in [-0.25, -0.2) is 21.6 Å². The van der Waals surface area contributed by atoms with E-state index in [9.17, 15) is 16.8 Å². The summed E-state index contributed by atoms with van der Waals surface area (Å²) in [7, 11) is -5.23. The minimum Gasteiger partial charge on any atom is -0.380 e. The summed E-state index contributed by atoms with van der Waals surface area (Å²) in [5.74, 6) is -0.317. The summed E-state index contributed by atoms with van der Waals surface area (Å²) < 4.78 is 53.0. The number of ether oxygens (including phenoxy) is 1. The molecule has 0 aromatic carbocycles. The van der Waals surface area contributed by atoms with Gasteiger partial charge in [0.05, 0.1) is 22.9 Å². The van der Waals surface area contributed by atoms with Crippen molar-refractivity contribution in [2.45, 2.75) is 24.7 Å². The summed E-state index contributed by atoms with van der Waals surface area (Å²) in [6.07, 6.45) is -0.0493. The van der Waals surface area contributed by atoms with E-state index in [4.69, 9.17) is 4.74 Å². The third kappa shape index (κ3) is 3.69. The van der Waals surface area contributed by atoms with Crippen LogP contribution in [-0.4, -0.2) is 53.3 Å². The Bertz CT molecular complexity index is 427. The fraction of sp³-hybridized carbons (Fsp3) is 1.00. The highest BCUT2D eigenvalue weighted by Crippen LogP contribution is 2.17. The van der Waals surface area contributed by atoms with Crippen LogP contribution in [0.4, 0.5) is 0 Å². The van der Waals surface area contributed by atoms with E-state index in [1.165, 1.54) is 7.11 Å².